The molecule has 3 atom stereocenters. The molecule has 0 spiro atoms. The second-order valence-corrected chi connectivity index (χ2v) is 5.48. The number of aliphatic hydroxyl groups excluding tert-OH is 1. The number of fused-ring (bicyclic) bond motifs is 1. The predicted octanol–water partition coefficient (Wildman–Crippen LogP) is 0.358. The zero-order valence-electron chi connectivity index (χ0n) is 12.0. The highest BCUT2D eigenvalue weighted by atomic mass is 16.6. The molecule has 2 aliphatic heterocycles. The van der Waals surface area contributed by atoms with Crippen molar-refractivity contribution in [2.24, 2.45) is 0 Å². The summed E-state index contributed by atoms with van der Waals surface area (Å²) in [6.45, 7) is 3.50. The maximum absolute atomic E-state index is 12.1. The Bertz CT molecular complexity index is 534. The summed E-state index contributed by atoms with van der Waals surface area (Å²) >= 11 is 0. The molecule has 2 heterocycles. The number of ether oxygens (including phenoxy) is 2. The molecule has 3 rings (SSSR count). The number of benzene rings is 1. The summed E-state index contributed by atoms with van der Waals surface area (Å²) in [7, 11) is 0. The molecule has 3 N–H and O–H groups in total. The SMILES string of the molecule is C[C@H](NC(=O)[C@H]1C[C@@H](O)CN1)c1ccc2c(c1)OCCO2. The van der Waals surface area contributed by atoms with E-state index in [4.69, 9.17) is 9.47 Å². The van der Waals surface area contributed by atoms with Crippen molar-refractivity contribution in [2.45, 2.75) is 31.5 Å². The molecule has 0 radical (unpaired) electrons. The molecule has 1 aromatic rings. The van der Waals surface area contributed by atoms with Crippen LogP contribution in [0.2, 0.25) is 0 Å². The summed E-state index contributed by atoms with van der Waals surface area (Å²) in [6.07, 6.45) is 0.0185. The molecule has 0 unspecified atom stereocenters. The molecule has 0 aromatic heterocycles. The number of aliphatic hydroxyl groups is 1. The lowest BCUT2D eigenvalue weighted by Gasteiger charge is -2.22. The summed E-state index contributed by atoms with van der Waals surface area (Å²) in [5.74, 6) is 1.37. The number of hydrogen-bond acceptors (Lipinski definition) is 5. The number of carbonyl (C=O) groups is 1. The van der Waals surface area contributed by atoms with Crippen molar-refractivity contribution in [3.8, 4) is 11.5 Å². The van der Waals surface area contributed by atoms with Gasteiger partial charge in [0.2, 0.25) is 5.91 Å². The summed E-state index contributed by atoms with van der Waals surface area (Å²) in [4.78, 5) is 12.1. The Hall–Kier alpha value is -1.79. The van der Waals surface area contributed by atoms with Gasteiger partial charge in [-0.15, -0.1) is 0 Å². The van der Waals surface area contributed by atoms with E-state index >= 15 is 0 Å². The largest absolute Gasteiger partial charge is 0.486 e. The van der Waals surface area contributed by atoms with Crippen LogP contribution in [0.4, 0.5) is 0 Å². The van der Waals surface area contributed by atoms with Crippen molar-refractivity contribution >= 4 is 5.91 Å². The number of amides is 1. The van der Waals surface area contributed by atoms with Gasteiger partial charge in [0.05, 0.1) is 18.2 Å². The monoisotopic (exact) mass is 292 g/mol. The van der Waals surface area contributed by atoms with Crippen LogP contribution in [-0.2, 0) is 4.79 Å². The summed E-state index contributed by atoms with van der Waals surface area (Å²) in [5.41, 5.74) is 0.964. The van der Waals surface area contributed by atoms with Crippen LogP contribution in [0.25, 0.3) is 0 Å². The molecule has 1 aromatic carbocycles. The molecule has 1 saturated heterocycles. The fourth-order valence-corrected chi connectivity index (χ4v) is 2.64. The first-order valence-electron chi connectivity index (χ1n) is 7.25. The van der Waals surface area contributed by atoms with E-state index < -0.39 is 6.10 Å². The molecule has 2 aliphatic rings. The number of rotatable bonds is 3. The molecule has 21 heavy (non-hydrogen) atoms. The van der Waals surface area contributed by atoms with Crippen molar-refractivity contribution < 1.29 is 19.4 Å². The fraction of sp³-hybridized carbons (Fsp3) is 0.533. The van der Waals surface area contributed by atoms with Crippen LogP contribution in [0, 0.1) is 0 Å². The molecule has 1 fully saturated rings. The van der Waals surface area contributed by atoms with E-state index in [1.807, 2.05) is 25.1 Å². The molecule has 0 aliphatic carbocycles. The lowest BCUT2D eigenvalue weighted by molar-refractivity contribution is -0.123. The third kappa shape index (κ3) is 3.11. The smallest absolute Gasteiger partial charge is 0.237 e. The van der Waals surface area contributed by atoms with Crippen molar-refractivity contribution in [3.05, 3.63) is 23.8 Å². The Balaban J connectivity index is 1.65. The highest BCUT2D eigenvalue weighted by Gasteiger charge is 2.29. The fourth-order valence-electron chi connectivity index (χ4n) is 2.64. The molecule has 0 bridgehead atoms. The molecular formula is C15H20N2O4. The van der Waals surface area contributed by atoms with E-state index in [2.05, 4.69) is 10.6 Å². The number of nitrogens with one attached hydrogen (secondary N) is 2. The van der Waals surface area contributed by atoms with E-state index in [1.54, 1.807) is 0 Å². The van der Waals surface area contributed by atoms with E-state index in [0.717, 1.165) is 11.3 Å². The van der Waals surface area contributed by atoms with Crippen LogP contribution < -0.4 is 20.1 Å². The standard InChI is InChI=1S/C15H20N2O4/c1-9(17-15(19)12-7-11(18)8-16-12)10-2-3-13-14(6-10)21-5-4-20-13/h2-3,6,9,11-12,16,18H,4-5,7-8H2,1H3,(H,17,19)/t9-,11+,12+/m0/s1. The quantitative estimate of drug-likeness (QED) is 0.749. The van der Waals surface area contributed by atoms with Gasteiger partial charge in [-0.25, -0.2) is 0 Å². The van der Waals surface area contributed by atoms with Crippen LogP contribution >= 0.6 is 0 Å². The van der Waals surface area contributed by atoms with Gasteiger partial charge in [0.1, 0.15) is 13.2 Å². The molecule has 1 amide bonds. The third-order valence-corrected chi connectivity index (χ3v) is 3.85. The lowest BCUT2D eigenvalue weighted by atomic mass is 10.1. The van der Waals surface area contributed by atoms with Crippen LogP contribution in [0.5, 0.6) is 11.5 Å². The van der Waals surface area contributed by atoms with Crippen molar-refractivity contribution in [1.29, 1.82) is 0 Å². The van der Waals surface area contributed by atoms with Gasteiger partial charge >= 0.3 is 0 Å². The first kappa shape index (κ1) is 14.2. The Morgan fingerprint density at radius 1 is 1.38 bits per heavy atom. The topological polar surface area (TPSA) is 79.8 Å². The normalized spacial score (nSPS) is 25.4. The van der Waals surface area contributed by atoms with Gasteiger partial charge in [0, 0.05) is 6.54 Å². The van der Waals surface area contributed by atoms with Gasteiger partial charge in [0.25, 0.3) is 0 Å². The van der Waals surface area contributed by atoms with Gasteiger partial charge < -0.3 is 25.2 Å². The predicted molar refractivity (Wildman–Crippen MR) is 76.4 cm³/mol. The molecular weight excluding hydrogens is 272 g/mol. The zero-order chi connectivity index (χ0) is 14.8. The van der Waals surface area contributed by atoms with Gasteiger partial charge in [-0.05, 0) is 31.0 Å². The second-order valence-electron chi connectivity index (χ2n) is 5.48. The third-order valence-electron chi connectivity index (χ3n) is 3.85. The minimum Gasteiger partial charge on any atom is -0.486 e. The average molecular weight is 292 g/mol. The second kappa shape index (κ2) is 5.91. The molecule has 6 nitrogen and oxygen atoms in total. The van der Waals surface area contributed by atoms with Crippen LogP contribution in [0.3, 0.4) is 0 Å². The zero-order valence-corrected chi connectivity index (χ0v) is 12.0. The summed E-state index contributed by atoms with van der Waals surface area (Å²) < 4.78 is 11.0. The Labute approximate surface area is 123 Å². The average Bonchev–Trinajstić information content (AvgIpc) is 2.93. The van der Waals surface area contributed by atoms with Gasteiger partial charge in [-0.1, -0.05) is 6.07 Å². The first-order chi connectivity index (χ1) is 10.1. The molecule has 0 saturated carbocycles. The van der Waals surface area contributed by atoms with Gasteiger partial charge in [0.15, 0.2) is 11.5 Å². The van der Waals surface area contributed by atoms with Gasteiger partial charge in [-0.2, -0.15) is 0 Å². The highest BCUT2D eigenvalue weighted by molar-refractivity contribution is 5.82. The highest BCUT2D eigenvalue weighted by Crippen LogP contribution is 2.32. The summed E-state index contributed by atoms with van der Waals surface area (Å²) in [6, 6.07) is 5.24. The van der Waals surface area contributed by atoms with Crippen LogP contribution in [-0.4, -0.2) is 42.9 Å². The van der Waals surface area contributed by atoms with Crippen LogP contribution in [0.1, 0.15) is 24.9 Å². The van der Waals surface area contributed by atoms with Gasteiger partial charge in [-0.3, -0.25) is 4.79 Å². The molecule has 114 valence electrons. The number of β-amino-alcohol motifs (C(OH)–C–C–N with tert-alkyl or cyclic N) is 1. The number of hydrogen-bond donors (Lipinski definition) is 3. The Kier molecular flexibility index (Phi) is 3.98. The van der Waals surface area contributed by atoms with E-state index in [9.17, 15) is 9.90 Å². The Morgan fingerprint density at radius 2 is 2.14 bits per heavy atom. The Morgan fingerprint density at radius 3 is 2.86 bits per heavy atom. The van der Waals surface area contributed by atoms with Crippen molar-refractivity contribution in [3.63, 3.8) is 0 Å². The maximum Gasteiger partial charge on any atom is 0.237 e. The van der Waals surface area contributed by atoms with Crippen molar-refractivity contribution in [2.75, 3.05) is 19.8 Å². The minimum absolute atomic E-state index is 0.0889. The maximum atomic E-state index is 12.1. The van der Waals surface area contributed by atoms with E-state index in [1.165, 1.54) is 0 Å². The molecule has 6 heteroatoms. The minimum atomic E-state index is -0.439. The van der Waals surface area contributed by atoms with E-state index in [-0.39, 0.29) is 18.0 Å². The first-order valence-corrected chi connectivity index (χ1v) is 7.25. The lowest BCUT2D eigenvalue weighted by Crippen LogP contribution is -2.41. The van der Waals surface area contributed by atoms with E-state index in [0.29, 0.717) is 31.9 Å². The summed E-state index contributed by atoms with van der Waals surface area (Å²) in [5, 5.41) is 15.4. The van der Waals surface area contributed by atoms with Crippen molar-refractivity contribution in [1.82, 2.24) is 10.6 Å². The number of carbonyl (C=O) groups excluding carboxylic acids is 1. The van der Waals surface area contributed by atoms with Crippen LogP contribution in [0.15, 0.2) is 18.2 Å².